The smallest absolute Gasteiger partial charge is 0.475 e. The van der Waals surface area contributed by atoms with Gasteiger partial charge in [-0.15, -0.1) is 12.6 Å². The lowest BCUT2D eigenvalue weighted by Gasteiger charge is -2.35. The number of benzene rings is 2. The van der Waals surface area contributed by atoms with Crippen LogP contribution in [0.5, 0.6) is 0 Å². The number of rotatable bonds is 8. The summed E-state index contributed by atoms with van der Waals surface area (Å²) in [6, 6.07) is 15.2. The molecule has 0 bridgehead atoms. The van der Waals surface area contributed by atoms with E-state index < -0.39 is 23.6 Å². The lowest BCUT2D eigenvalue weighted by atomic mass is 9.84. The van der Waals surface area contributed by atoms with E-state index in [1.165, 1.54) is 24.3 Å². The first kappa shape index (κ1) is 33.1. The molecular weight excluding hydrogens is 604 g/mol. The fourth-order valence-corrected chi connectivity index (χ4v) is 5.46. The SMILES string of the molecule is O=C(CCNC[C@H](O)c1ccc(F)cc1)N1CCc2nc(C3CCC3)n(-c3ccccc3)c(=O)c2C1S.O=C(O)C(F)(F)F. The first-order valence-electron chi connectivity index (χ1n) is 14.0. The molecule has 3 aromatic rings. The van der Waals surface area contributed by atoms with E-state index in [0.717, 1.165) is 36.5 Å². The molecule has 0 radical (unpaired) electrons. The van der Waals surface area contributed by atoms with Crippen molar-refractivity contribution in [2.75, 3.05) is 19.6 Å². The number of nitrogens with zero attached hydrogens (tertiary/aromatic N) is 3. The van der Waals surface area contributed by atoms with E-state index in [9.17, 15) is 32.3 Å². The average molecular weight is 637 g/mol. The molecule has 1 amide bonds. The Labute approximate surface area is 255 Å². The van der Waals surface area contributed by atoms with Crippen LogP contribution in [0.4, 0.5) is 17.6 Å². The summed E-state index contributed by atoms with van der Waals surface area (Å²) in [6.45, 7) is 1.04. The number of aromatic nitrogens is 2. The number of aliphatic carboxylic acids is 1. The van der Waals surface area contributed by atoms with Gasteiger partial charge in [0.15, 0.2) is 0 Å². The van der Waals surface area contributed by atoms with Gasteiger partial charge >= 0.3 is 12.1 Å². The summed E-state index contributed by atoms with van der Waals surface area (Å²) in [5.41, 5.74) is 2.43. The summed E-state index contributed by atoms with van der Waals surface area (Å²) in [4.78, 5) is 42.4. The number of alkyl halides is 3. The molecule has 3 N–H and O–H groups in total. The van der Waals surface area contributed by atoms with Crippen LogP contribution < -0.4 is 10.9 Å². The lowest BCUT2D eigenvalue weighted by Crippen LogP contribution is -2.44. The third-order valence-electron chi connectivity index (χ3n) is 7.52. The zero-order chi connectivity index (χ0) is 32.0. The van der Waals surface area contributed by atoms with Gasteiger partial charge in [-0.25, -0.2) is 14.2 Å². The number of para-hydroxylation sites is 1. The van der Waals surface area contributed by atoms with E-state index >= 15 is 0 Å². The Morgan fingerprint density at radius 3 is 2.30 bits per heavy atom. The molecule has 0 saturated heterocycles. The minimum absolute atomic E-state index is 0.122. The summed E-state index contributed by atoms with van der Waals surface area (Å²) in [6.07, 6.45) is -1.99. The van der Waals surface area contributed by atoms with Crippen molar-refractivity contribution in [3.8, 4) is 5.69 Å². The zero-order valence-electron chi connectivity index (χ0n) is 23.5. The first-order valence-corrected chi connectivity index (χ1v) is 14.5. The fourth-order valence-electron chi connectivity index (χ4n) is 4.96. The average Bonchev–Trinajstić information content (AvgIpc) is 2.95. The van der Waals surface area contributed by atoms with Crippen LogP contribution in [0.25, 0.3) is 5.69 Å². The second-order valence-corrected chi connectivity index (χ2v) is 11.0. The Morgan fingerprint density at radius 2 is 1.73 bits per heavy atom. The summed E-state index contributed by atoms with van der Waals surface area (Å²) in [7, 11) is 0. The number of nitrogens with one attached hydrogen (secondary N) is 1. The normalized spacial score (nSPS) is 17.1. The van der Waals surface area contributed by atoms with Crippen molar-refractivity contribution in [1.82, 2.24) is 19.8 Å². The standard InChI is InChI=1S/C28H31FN4O3S.C2HF3O2/c29-20-11-9-18(10-12-20)23(34)17-30-15-13-24(35)32-16-14-22-25(28(32)37)27(36)33(21-7-2-1-3-8-21)26(31-22)19-5-4-6-19;3-2(4,5)1(6)7/h1-3,7-12,19,23,28,30,34,37H,4-6,13-17H2;(H,6,7)/t23-,28?;/m0./s1. The largest absolute Gasteiger partial charge is 0.490 e. The van der Waals surface area contributed by atoms with E-state index in [0.29, 0.717) is 30.6 Å². The van der Waals surface area contributed by atoms with Crippen LogP contribution >= 0.6 is 12.6 Å². The minimum Gasteiger partial charge on any atom is -0.475 e. The predicted octanol–water partition coefficient (Wildman–Crippen LogP) is 4.30. The number of aliphatic hydroxyl groups excluding tert-OH is 1. The number of carboxylic acid groups (broad SMARTS) is 1. The molecule has 0 spiro atoms. The maximum Gasteiger partial charge on any atom is 0.490 e. The molecule has 1 aromatic heterocycles. The number of hydrogen-bond acceptors (Lipinski definition) is 7. The molecule has 1 aliphatic carbocycles. The monoisotopic (exact) mass is 636 g/mol. The van der Waals surface area contributed by atoms with Gasteiger partial charge in [-0.1, -0.05) is 36.8 Å². The molecule has 2 aliphatic rings. The molecule has 1 unspecified atom stereocenters. The van der Waals surface area contributed by atoms with Gasteiger partial charge < -0.3 is 20.4 Å². The highest BCUT2D eigenvalue weighted by Gasteiger charge is 2.38. The van der Waals surface area contributed by atoms with Crippen LogP contribution in [-0.2, 0) is 16.0 Å². The van der Waals surface area contributed by atoms with Crippen molar-refractivity contribution in [2.24, 2.45) is 0 Å². The Kier molecular flexibility index (Phi) is 10.8. The van der Waals surface area contributed by atoms with Crippen molar-refractivity contribution in [1.29, 1.82) is 0 Å². The molecule has 2 heterocycles. The quantitative estimate of drug-likeness (QED) is 0.165. The Bertz CT molecular complexity index is 1510. The van der Waals surface area contributed by atoms with Crippen LogP contribution in [0.15, 0.2) is 59.4 Å². The molecule has 2 aromatic carbocycles. The van der Waals surface area contributed by atoms with Crippen molar-refractivity contribution in [2.45, 2.75) is 55.7 Å². The highest BCUT2D eigenvalue weighted by atomic mass is 32.1. The van der Waals surface area contributed by atoms with E-state index in [-0.39, 0.29) is 36.2 Å². The molecule has 1 fully saturated rings. The maximum absolute atomic E-state index is 13.8. The Morgan fingerprint density at radius 1 is 1.09 bits per heavy atom. The Balaban J connectivity index is 0.000000566. The van der Waals surface area contributed by atoms with Gasteiger partial charge in [0.2, 0.25) is 5.91 Å². The summed E-state index contributed by atoms with van der Waals surface area (Å²) >= 11 is 4.72. The highest BCUT2D eigenvalue weighted by Crippen LogP contribution is 2.38. The first-order chi connectivity index (χ1) is 20.9. The van der Waals surface area contributed by atoms with Gasteiger partial charge in [0.1, 0.15) is 17.0 Å². The molecule has 1 aliphatic heterocycles. The van der Waals surface area contributed by atoms with Crippen molar-refractivity contribution in [3.05, 3.63) is 93.4 Å². The van der Waals surface area contributed by atoms with Gasteiger partial charge in [-0.05, 0) is 42.7 Å². The van der Waals surface area contributed by atoms with E-state index in [1.54, 1.807) is 9.47 Å². The van der Waals surface area contributed by atoms with Crippen molar-refractivity contribution < 1.29 is 37.4 Å². The van der Waals surface area contributed by atoms with E-state index in [2.05, 4.69) is 5.32 Å². The molecule has 1 saturated carbocycles. The number of halogens is 4. The lowest BCUT2D eigenvalue weighted by molar-refractivity contribution is -0.192. The van der Waals surface area contributed by atoms with Gasteiger partial charge in [0, 0.05) is 38.4 Å². The minimum atomic E-state index is -5.08. The predicted molar refractivity (Wildman–Crippen MR) is 156 cm³/mol. The third kappa shape index (κ3) is 7.85. The van der Waals surface area contributed by atoms with Gasteiger partial charge in [-0.2, -0.15) is 13.2 Å². The van der Waals surface area contributed by atoms with Gasteiger partial charge in [-0.3, -0.25) is 14.2 Å². The number of amides is 1. The number of carbonyl (C=O) groups is 2. The van der Waals surface area contributed by atoms with Gasteiger partial charge in [0.25, 0.3) is 5.56 Å². The molecule has 14 heteroatoms. The number of carboxylic acids is 1. The summed E-state index contributed by atoms with van der Waals surface area (Å²) in [5.74, 6) is -2.16. The van der Waals surface area contributed by atoms with E-state index in [4.69, 9.17) is 27.5 Å². The maximum atomic E-state index is 13.8. The molecular formula is C30H32F4N4O5S. The second-order valence-electron chi connectivity index (χ2n) is 10.5. The van der Waals surface area contributed by atoms with Crippen LogP contribution in [0.1, 0.15) is 65.7 Å². The van der Waals surface area contributed by atoms with Crippen LogP contribution in [0.3, 0.4) is 0 Å². The van der Waals surface area contributed by atoms with Crippen LogP contribution in [0.2, 0.25) is 0 Å². The molecule has 9 nitrogen and oxygen atoms in total. The number of carbonyl (C=O) groups excluding carboxylic acids is 1. The highest BCUT2D eigenvalue weighted by molar-refractivity contribution is 7.80. The summed E-state index contributed by atoms with van der Waals surface area (Å²) < 4.78 is 46.5. The van der Waals surface area contributed by atoms with Crippen LogP contribution in [-0.4, -0.2) is 62.4 Å². The molecule has 236 valence electrons. The Hall–Kier alpha value is -3.75. The van der Waals surface area contributed by atoms with Crippen molar-refractivity contribution >= 4 is 24.5 Å². The summed E-state index contributed by atoms with van der Waals surface area (Å²) in [5, 5.41) is 19.8. The second kappa shape index (κ2) is 14.4. The van der Waals surface area contributed by atoms with Crippen LogP contribution in [0, 0.1) is 5.82 Å². The molecule has 2 atom stereocenters. The number of thiol groups is 1. The number of fused-ring (bicyclic) bond motifs is 1. The molecule has 5 rings (SSSR count). The zero-order valence-corrected chi connectivity index (χ0v) is 24.4. The number of aliphatic hydroxyl groups is 1. The third-order valence-corrected chi connectivity index (χ3v) is 8.06. The van der Waals surface area contributed by atoms with E-state index in [1.807, 2.05) is 30.3 Å². The topological polar surface area (TPSA) is 125 Å². The number of hydrogen-bond donors (Lipinski definition) is 4. The fraction of sp³-hybridized carbons (Fsp3) is 0.400. The van der Waals surface area contributed by atoms with Gasteiger partial charge in [0.05, 0.1) is 23.0 Å². The van der Waals surface area contributed by atoms with Crippen molar-refractivity contribution in [3.63, 3.8) is 0 Å². The molecule has 44 heavy (non-hydrogen) atoms.